The summed E-state index contributed by atoms with van der Waals surface area (Å²) in [4.78, 5) is 15.0. The van der Waals surface area contributed by atoms with E-state index in [1.54, 1.807) is 6.92 Å². The third kappa shape index (κ3) is 5.31. The second kappa shape index (κ2) is 9.36. The highest BCUT2D eigenvalue weighted by atomic mass is 16.5. The summed E-state index contributed by atoms with van der Waals surface area (Å²) in [5, 5.41) is 3.15. The SMILES string of the molecule is CC(Oc1ccccc1)C(=O)NC(CN1CCOCC1)c1ccccc1. The van der Waals surface area contributed by atoms with Gasteiger partial charge in [-0.2, -0.15) is 0 Å². The molecule has 2 aromatic carbocycles. The molecule has 1 aliphatic heterocycles. The summed E-state index contributed by atoms with van der Waals surface area (Å²) in [6.07, 6.45) is -0.562. The molecule has 2 atom stereocenters. The maximum atomic E-state index is 12.7. The van der Waals surface area contributed by atoms with Crippen LogP contribution in [0.5, 0.6) is 5.75 Å². The summed E-state index contributed by atoms with van der Waals surface area (Å²) in [6.45, 7) is 5.78. The first kappa shape index (κ1) is 18.4. The van der Waals surface area contributed by atoms with Crippen molar-refractivity contribution in [2.24, 2.45) is 0 Å². The molecular formula is C21H26N2O3. The molecule has 1 aliphatic rings. The topological polar surface area (TPSA) is 50.8 Å². The lowest BCUT2D eigenvalue weighted by molar-refractivity contribution is -0.128. The zero-order chi connectivity index (χ0) is 18.2. The summed E-state index contributed by atoms with van der Waals surface area (Å²) in [6, 6.07) is 19.4. The molecule has 1 saturated heterocycles. The monoisotopic (exact) mass is 354 g/mol. The van der Waals surface area contributed by atoms with Crippen LogP contribution in [0.15, 0.2) is 60.7 Å². The van der Waals surface area contributed by atoms with E-state index in [1.807, 2.05) is 60.7 Å². The van der Waals surface area contributed by atoms with Gasteiger partial charge >= 0.3 is 0 Å². The van der Waals surface area contributed by atoms with Crippen LogP contribution in [0.4, 0.5) is 0 Å². The van der Waals surface area contributed by atoms with Gasteiger partial charge in [0.05, 0.1) is 19.3 Å². The van der Waals surface area contributed by atoms with E-state index in [0.717, 1.165) is 38.4 Å². The van der Waals surface area contributed by atoms with Crippen molar-refractivity contribution in [3.8, 4) is 5.75 Å². The van der Waals surface area contributed by atoms with Crippen LogP contribution in [0.1, 0.15) is 18.5 Å². The fourth-order valence-corrected chi connectivity index (χ4v) is 3.01. The van der Waals surface area contributed by atoms with Gasteiger partial charge in [-0.15, -0.1) is 0 Å². The first-order valence-electron chi connectivity index (χ1n) is 9.09. The highest BCUT2D eigenvalue weighted by Crippen LogP contribution is 2.17. The number of nitrogens with one attached hydrogen (secondary N) is 1. The standard InChI is InChI=1S/C21H26N2O3/c1-17(26-19-10-6-3-7-11-19)21(24)22-20(18-8-4-2-5-9-18)16-23-12-14-25-15-13-23/h2-11,17,20H,12-16H2,1H3,(H,22,24). The number of carbonyl (C=O) groups is 1. The summed E-state index contributed by atoms with van der Waals surface area (Å²) >= 11 is 0. The molecule has 2 aromatic rings. The minimum absolute atomic E-state index is 0.0800. The Morgan fingerprint density at radius 2 is 1.69 bits per heavy atom. The minimum Gasteiger partial charge on any atom is -0.481 e. The Kier molecular flexibility index (Phi) is 6.63. The largest absolute Gasteiger partial charge is 0.481 e. The molecule has 1 fully saturated rings. The summed E-state index contributed by atoms with van der Waals surface area (Å²) < 4.78 is 11.2. The molecule has 0 aromatic heterocycles. The van der Waals surface area contributed by atoms with Crippen LogP contribution in [-0.2, 0) is 9.53 Å². The van der Waals surface area contributed by atoms with Gasteiger partial charge in [0.25, 0.3) is 5.91 Å². The number of morpholine rings is 1. The Bertz CT molecular complexity index is 672. The number of para-hydroxylation sites is 1. The van der Waals surface area contributed by atoms with Gasteiger partial charge in [0, 0.05) is 19.6 Å². The number of carbonyl (C=O) groups excluding carboxylic acids is 1. The number of amides is 1. The van der Waals surface area contributed by atoms with Crippen molar-refractivity contribution in [1.82, 2.24) is 10.2 Å². The second-order valence-corrected chi connectivity index (χ2v) is 6.46. The van der Waals surface area contributed by atoms with Crippen molar-refractivity contribution in [2.75, 3.05) is 32.8 Å². The Balaban J connectivity index is 1.65. The minimum atomic E-state index is -0.562. The lowest BCUT2D eigenvalue weighted by Crippen LogP contribution is -2.45. The van der Waals surface area contributed by atoms with E-state index in [1.165, 1.54) is 0 Å². The van der Waals surface area contributed by atoms with Gasteiger partial charge in [0.1, 0.15) is 5.75 Å². The Hall–Kier alpha value is -2.37. The zero-order valence-electron chi connectivity index (χ0n) is 15.1. The van der Waals surface area contributed by atoms with E-state index in [4.69, 9.17) is 9.47 Å². The summed E-state index contributed by atoms with van der Waals surface area (Å²) in [5.41, 5.74) is 1.10. The van der Waals surface area contributed by atoms with Gasteiger partial charge in [0.2, 0.25) is 0 Å². The molecule has 5 nitrogen and oxygen atoms in total. The van der Waals surface area contributed by atoms with Crippen molar-refractivity contribution in [3.63, 3.8) is 0 Å². The van der Waals surface area contributed by atoms with Gasteiger partial charge < -0.3 is 14.8 Å². The number of rotatable bonds is 7. The maximum Gasteiger partial charge on any atom is 0.261 e. The molecule has 0 spiro atoms. The van der Waals surface area contributed by atoms with Crippen LogP contribution in [0, 0.1) is 0 Å². The van der Waals surface area contributed by atoms with Crippen molar-refractivity contribution < 1.29 is 14.3 Å². The lowest BCUT2D eigenvalue weighted by atomic mass is 10.1. The number of nitrogens with zero attached hydrogens (tertiary/aromatic N) is 1. The van der Waals surface area contributed by atoms with Crippen LogP contribution in [0.25, 0.3) is 0 Å². The highest BCUT2D eigenvalue weighted by Gasteiger charge is 2.23. The van der Waals surface area contributed by atoms with E-state index in [0.29, 0.717) is 5.75 Å². The molecule has 1 heterocycles. The third-order valence-corrected chi connectivity index (χ3v) is 4.49. The first-order valence-corrected chi connectivity index (χ1v) is 9.09. The third-order valence-electron chi connectivity index (χ3n) is 4.49. The molecule has 0 radical (unpaired) electrons. The van der Waals surface area contributed by atoms with Gasteiger partial charge in [-0.05, 0) is 24.6 Å². The Morgan fingerprint density at radius 1 is 1.08 bits per heavy atom. The molecular weight excluding hydrogens is 328 g/mol. The molecule has 0 bridgehead atoms. The molecule has 138 valence electrons. The number of hydrogen-bond acceptors (Lipinski definition) is 4. The lowest BCUT2D eigenvalue weighted by Gasteiger charge is -2.31. The van der Waals surface area contributed by atoms with Crippen molar-refractivity contribution in [2.45, 2.75) is 19.1 Å². The average molecular weight is 354 g/mol. The van der Waals surface area contributed by atoms with Gasteiger partial charge in [-0.3, -0.25) is 9.69 Å². The molecule has 1 N–H and O–H groups in total. The smallest absolute Gasteiger partial charge is 0.261 e. The summed E-state index contributed by atoms with van der Waals surface area (Å²) in [7, 11) is 0. The van der Waals surface area contributed by atoms with Crippen molar-refractivity contribution >= 4 is 5.91 Å². The van der Waals surface area contributed by atoms with Crippen LogP contribution in [0.2, 0.25) is 0 Å². The van der Waals surface area contributed by atoms with Gasteiger partial charge in [-0.25, -0.2) is 0 Å². The quantitative estimate of drug-likeness (QED) is 0.830. The molecule has 3 rings (SSSR count). The van der Waals surface area contributed by atoms with E-state index < -0.39 is 6.10 Å². The van der Waals surface area contributed by atoms with E-state index >= 15 is 0 Å². The van der Waals surface area contributed by atoms with Gasteiger partial charge in [0.15, 0.2) is 6.10 Å². The van der Waals surface area contributed by atoms with Crippen LogP contribution >= 0.6 is 0 Å². The molecule has 2 unspecified atom stereocenters. The van der Waals surface area contributed by atoms with E-state index in [2.05, 4.69) is 10.2 Å². The average Bonchev–Trinajstić information content (AvgIpc) is 2.69. The van der Waals surface area contributed by atoms with Crippen LogP contribution < -0.4 is 10.1 Å². The summed E-state index contributed by atoms with van der Waals surface area (Å²) in [5.74, 6) is 0.579. The molecule has 0 saturated carbocycles. The Labute approximate surface area is 154 Å². The molecule has 26 heavy (non-hydrogen) atoms. The normalized spacial score (nSPS) is 17.3. The molecule has 5 heteroatoms. The fraction of sp³-hybridized carbons (Fsp3) is 0.381. The molecule has 1 amide bonds. The predicted octanol–water partition coefficient (Wildman–Crippen LogP) is 2.64. The fourth-order valence-electron chi connectivity index (χ4n) is 3.01. The van der Waals surface area contributed by atoms with Crippen LogP contribution in [0.3, 0.4) is 0 Å². The number of ether oxygens (including phenoxy) is 2. The number of hydrogen-bond donors (Lipinski definition) is 1. The van der Waals surface area contributed by atoms with Crippen molar-refractivity contribution in [1.29, 1.82) is 0 Å². The second-order valence-electron chi connectivity index (χ2n) is 6.46. The Morgan fingerprint density at radius 3 is 2.35 bits per heavy atom. The highest BCUT2D eigenvalue weighted by molar-refractivity contribution is 5.81. The van der Waals surface area contributed by atoms with Gasteiger partial charge in [-0.1, -0.05) is 48.5 Å². The molecule has 0 aliphatic carbocycles. The van der Waals surface area contributed by atoms with Crippen LogP contribution in [-0.4, -0.2) is 49.8 Å². The first-order chi connectivity index (χ1) is 12.7. The predicted molar refractivity (Wildman–Crippen MR) is 101 cm³/mol. The number of benzene rings is 2. The van der Waals surface area contributed by atoms with Crippen molar-refractivity contribution in [3.05, 3.63) is 66.2 Å². The zero-order valence-corrected chi connectivity index (χ0v) is 15.1. The van der Waals surface area contributed by atoms with E-state index in [9.17, 15) is 4.79 Å². The van der Waals surface area contributed by atoms with E-state index in [-0.39, 0.29) is 11.9 Å². The maximum absolute atomic E-state index is 12.7.